The summed E-state index contributed by atoms with van der Waals surface area (Å²) in [6.45, 7) is 4.28. The highest BCUT2D eigenvalue weighted by molar-refractivity contribution is 5.86. The van der Waals surface area contributed by atoms with Gasteiger partial charge in [0.05, 0.1) is 6.61 Å². The average Bonchev–Trinajstić information content (AvgIpc) is 2.64. The van der Waals surface area contributed by atoms with Crippen LogP contribution in [0.5, 0.6) is 5.75 Å². The fourth-order valence-electron chi connectivity index (χ4n) is 2.22. The number of rotatable bonds is 5. The molecular formula is C15H19NO2. The lowest BCUT2D eigenvalue weighted by atomic mass is 10.1. The number of carbonyl (C=O) groups is 1. The number of ether oxygens (including phenoxy) is 1. The number of ketones is 1. The van der Waals surface area contributed by atoms with E-state index < -0.39 is 0 Å². The van der Waals surface area contributed by atoms with Crippen LogP contribution in [0.15, 0.2) is 24.4 Å². The fourth-order valence-corrected chi connectivity index (χ4v) is 2.22. The van der Waals surface area contributed by atoms with E-state index in [2.05, 4.69) is 22.9 Å². The summed E-state index contributed by atoms with van der Waals surface area (Å²) in [4.78, 5) is 11.1. The molecule has 0 amide bonds. The number of aryl methyl sites for hydroxylation is 2. The first kappa shape index (κ1) is 12.7. The van der Waals surface area contributed by atoms with Crippen LogP contribution >= 0.6 is 0 Å². The Morgan fingerprint density at radius 3 is 2.83 bits per heavy atom. The molecule has 0 aliphatic heterocycles. The summed E-state index contributed by atoms with van der Waals surface area (Å²) in [5.74, 6) is 1.12. The minimum absolute atomic E-state index is 0.230. The number of aromatic nitrogens is 1. The van der Waals surface area contributed by atoms with E-state index >= 15 is 0 Å². The third kappa shape index (κ3) is 2.55. The van der Waals surface area contributed by atoms with Crippen LogP contribution in [0.2, 0.25) is 0 Å². The minimum atomic E-state index is 0.230. The molecule has 0 saturated carbocycles. The lowest BCUT2D eigenvalue weighted by Gasteiger charge is -2.04. The number of nitrogens with zero attached hydrogens (tertiary/aromatic N) is 1. The van der Waals surface area contributed by atoms with Gasteiger partial charge in [-0.25, -0.2) is 0 Å². The SMILES string of the molecule is CCOc1ccc2c(c1)c(CCC(C)=O)cn2C. The van der Waals surface area contributed by atoms with Gasteiger partial charge in [0.15, 0.2) is 0 Å². The van der Waals surface area contributed by atoms with Gasteiger partial charge in [-0.1, -0.05) is 0 Å². The van der Waals surface area contributed by atoms with Gasteiger partial charge in [0, 0.05) is 30.6 Å². The Bertz CT molecular complexity index is 569. The molecule has 1 aromatic heterocycles. The van der Waals surface area contributed by atoms with Crippen LogP contribution in [0, 0.1) is 0 Å². The number of hydrogen-bond acceptors (Lipinski definition) is 2. The van der Waals surface area contributed by atoms with Gasteiger partial charge in [0.2, 0.25) is 0 Å². The van der Waals surface area contributed by atoms with E-state index in [0.29, 0.717) is 13.0 Å². The predicted molar refractivity (Wildman–Crippen MR) is 73.1 cm³/mol. The molecule has 0 fully saturated rings. The molecule has 2 rings (SSSR count). The summed E-state index contributed by atoms with van der Waals surface area (Å²) < 4.78 is 7.63. The third-order valence-electron chi connectivity index (χ3n) is 3.10. The Labute approximate surface area is 107 Å². The van der Waals surface area contributed by atoms with Gasteiger partial charge in [-0.3, -0.25) is 0 Å². The van der Waals surface area contributed by atoms with Crippen LogP contribution in [0.3, 0.4) is 0 Å². The van der Waals surface area contributed by atoms with Crippen molar-refractivity contribution in [3.05, 3.63) is 30.0 Å². The van der Waals surface area contributed by atoms with Gasteiger partial charge in [0.1, 0.15) is 11.5 Å². The lowest BCUT2D eigenvalue weighted by Crippen LogP contribution is -1.93. The minimum Gasteiger partial charge on any atom is -0.494 e. The van der Waals surface area contributed by atoms with Gasteiger partial charge in [-0.2, -0.15) is 0 Å². The van der Waals surface area contributed by atoms with Crippen molar-refractivity contribution >= 4 is 16.7 Å². The van der Waals surface area contributed by atoms with Gasteiger partial charge in [0.25, 0.3) is 0 Å². The molecule has 2 aromatic rings. The standard InChI is InChI=1S/C15H19NO2/c1-4-18-13-7-8-15-14(9-13)12(10-16(15)3)6-5-11(2)17/h7-10H,4-6H2,1-3H3. The molecule has 0 N–H and O–H groups in total. The molecule has 1 aromatic carbocycles. The number of carbonyl (C=O) groups excluding carboxylic acids is 1. The highest BCUT2D eigenvalue weighted by Crippen LogP contribution is 2.26. The largest absolute Gasteiger partial charge is 0.494 e. The molecule has 0 aliphatic rings. The van der Waals surface area contributed by atoms with Crippen molar-refractivity contribution in [2.75, 3.05) is 6.61 Å². The molecule has 3 heteroatoms. The molecule has 96 valence electrons. The summed E-state index contributed by atoms with van der Waals surface area (Å²) in [6, 6.07) is 6.12. The van der Waals surface area contributed by atoms with E-state index in [4.69, 9.17) is 4.74 Å². The quantitative estimate of drug-likeness (QED) is 0.810. The summed E-state index contributed by atoms with van der Waals surface area (Å²) in [7, 11) is 2.03. The monoisotopic (exact) mass is 245 g/mol. The van der Waals surface area contributed by atoms with Crippen molar-refractivity contribution in [2.24, 2.45) is 7.05 Å². The molecule has 18 heavy (non-hydrogen) atoms. The zero-order chi connectivity index (χ0) is 13.1. The fraction of sp³-hybridized carbons (Fsp3) is 0.400. The molecule has 3 nitrogen and oxygen atoms in total. The maximum absolute atomic E-state index is 11.1. The van der Waals surface area contributed by atoms with Crippen LogP contribution in [0.1, 0.15) is 25.8 Å². The molecule has 0 spiro atoms. The molecule has 0 atom stereocenters. The van der Waals surface area contributed by atoms with E-state index in [1.807, 2.05) is 20.0 Å². The van der Waals surface area contributed by atoms with E-state index in [-0.39, 0.29) is 5.78 Å². The van der Waals surface area contributed by atoms with E-state index in [1.54, 1.807) is 6.92 Å². The third-order valence-corrected chi connectivity index (χ3v) is 3.10. The van der Waals surface area contributed by atoms with Crippen molar-refractivity contribution in [3.63, 3.8) is 0 Å². The Kier molecular flexibility index (Phi) is 3.70. The summed E-state index contributed by atoms with van der Waals surface area (Å²) >= 11 is 0. The Hall–Kier alpha value is -1.77. The maximum atomic E-state index is 11.1. The number of benzene rings is 1. The molecule has 0 radical (unpaired) electrons. The van der Waals surface area contributed by atoms with Crippen molar-refractivity contribution < 1.29 is 9.53 Å². The smallest absolute Gasteiger partial charge is 0.130 e. The lowest BCUT2D eigenvalue weighted by molar-refractivity contribution is -0.116. The first-order valence-electron chi connectivity index (χ1n) is 6.32. The average molecular weight is 245 g/mol. The van der Waals surface area contributed by atoms with Crippen LogP contribution < -0.4 is 4.74 Å². The Morgan fingerprint density at radius 2 is 2.17 bits per heavy atom. The Morgan fingerprint density at radius 1 is 1.39 bits per heavy atom. The molecule has 1 heterocycles. The molecule has 0 aliphatic carbocycles. The number of hydrogen-bond donors (Lipinski definition) is 0. The molecule has 0 unspecified atom stereocenters. The first-order valence-corrected chi connectivity index (χ1v) is 6.32. The van der Waals surface area contributed by atoms with Crippen molar-refractivity contribution in [1.29, 1.82) is 0 Å². The van der Waals surface area contributed by atoms with E-state index in [0.717, 1.165) is 12.2 Å². The topological polar surface area (TPSA) is 31.2 Å². The highest BCUT2D eigenvalue weighted by atomic mass is 16.5. The molecule has 0 bridgehead atoms. The van der Waals surface area contributed by atoms with Gasteiger partial charge < -0.3 is 14.1 Å². The molecular weight excluding hydrogens is 226 g/mol. The van der Waals surface area contributed by atoms with E-state index in [9.17, 15) is 4.79 Å². The highest BCUT2D eigenvalue weighted by Gasteiger charge is 2.08. The number of Topliss-reactive ketones (excluding diaryl/α,β-unsaturated/α-hetero) is 1. The maximum Gasteiger partial charge on any atom is 0.130 e. The second-order valence-electron chi connectivity index (χ2n) is 4.58. The van der Waals surface area contributed by atoms with Gasteiger partial charge in [-0.15, -0.1) is 0 Å². The number of fused-ring (bicyclic) bond motifs is 1. The zero-order valence-electron chi connectivity index (χ0n) is 11.2. The van der Waals surface area contributed by atoms with E-state index in [1.165, 1.54) is 16.5 Å². The normalized spacial score (nSPS) is 10.8. The van der Waals surface area contributed by atoms with Crippen LogP contribution in [-0.4, -0.2) is 17.0 Å². The summed E-state index contributed by atoms with van der Waals surface area (Å²) in [5.41, 5.74) is 2.39. The van der Waals surface area contributed by atoms with Crippen molar-refractivity contribution in [2.45, 2.75) is 26.7 Å². The van der Waals surface area contributed by atoms with Crippen LogP contribution in [0.25, 0.3) is 10.9 Å². The second-order valence-corrected chi connectivity index (χ2v) is 4.58. The van der Waals surface area contributed by atoms with Crippen molar-refractivity contribution in [3.8, 4) is 5.75 Å². The predicted octanol–water partition coefficient (Wildman–Crippen LogP) is 3.10. The molecule has 0 saturated heterocycles. The summed E-state index contributed by atoms with van der Waals surface area (Å²) in [6.07, 6.45) is 3.49. The van der Waals surface area contributed by atoms with Crippen LogP contribution in [-0.2, 0) is 18.3 Å². The van der Waals surface area contributed by atoms with Gasteiger partial charge in [-0.05, 0) is 44.0 Å². The van der Waals surface area contributed by atoms with Gasteiger partial charge >= 0.3 is 0 Å². The Balaban J connectivity index is 2.39. The summed E-state index contributed by atoms with van der Waals surface area (Å²) in [5, 5.41) is 1.18. The van der Waals surface area contributed by atoms with Crippen LogP contribution in [0.4, 0.5) is 0 Å². The van der Waals surface area contributed by atoms with Crippen molar-refractivity contribution in [1.82, 2.24) is 4.57 Å². The second kappa shape index (κ2) is 5.25. The zero-order valence-corrected chi connectivity index (χ0v) is 11.2. The first-order chi connectivity index (χ1) is 8.61.